The van der Waals surface area contributed by atoms with Gasteiger partial charge in [-0.1, -0.05) is 94.9 Å². The fraction of sp³-hybridized carbons (Fsp3) is 0.0606. The highest BCUT2D eigenvalue weighted by molar-refractivity contribution is 6.31. The summed E-state index contributed by atoms with van der Waals surface area (Å²) in [5.41, 5.74) is 8.43. The smallest absolute Gasteiger partial charge is 0.154 e. The van der Waals surface area contributed by atoms with Crippen LogP contribution in [0.25, 0.3) is 90.1 Å². The van der Waals surface area contributed by atoms with Crippen LogP contribution in [-0.2, 0) is 28.2 Å². The highest BCUT2D eigenvalue weighted by Crippen LogP contribution is 2.36. The summed E-state index contributed by atoms with van der Waals surface area (Å²) in [4.78, 5) is 23.2. The number of aromatic nitrogens is 8. The molecule has 0 saturated carbocycles. The highest BCUT2D eigenvalue weighted by atomic mass is 35.5. The van der Waals surface area contributed by atoms with Gasteiger partial charge in [0.15, 0.2) is 12.6 Å². The Labute approximate surface area is 518 Å². The predicted molar refractivity (Wildman–Crippen MR) is 327 cm³/mol. The van der Waals surface area contributed by atoms with Crippen LogP contribution in [0.4, 0.5) is 35.1 Å². The number of aldehydes is 2. The van der Waals surface area contributed by atoms with Crippen molar-refractivity contribution in [2.75, 3.05) is 0 Å². The van der Waals surface area contributed by atoms with Gasteiger partial charge < -0.3 is 0 Å². The Balaban J connectivity index is 0.000000140. The van der Waals surface area contributed by atoms with Crippen molar-refractivity contribution >= 4 is 59.0 Å². The molecule has 0 bridgehead atoms. The van der Waals surface area contributed by atoms with Gasteiger partial charge in [-0.25, -0.2) is 35.1 Å². The number of rotatable bonds is 10. The summed E-state index contributed by atoms with van der Waals surface area (Å²) in [5.74, 6) is -5.34. The van der Waals surface area contributed by atoms with Crippen LogP contribution >= 0.6 is 46.4 Å². The zero-order chi connectivity index (χ0) is 63.1. The van der Waals surface area contributed by atoms with Gasteiger partial charge in [0.1, 0.15) is 57.9 Å². The summed E-state index contributed by atoms with van der Waals surface area (Å²) < 4.78 is 114. The number of carbonyl (C=O) groups is 2. The first-order valence-electron chi connectivity index (χ1n) is 26.1. The molecule has 8 aromatic carbocycles. The Morgan fingerprint density at radius 3 is 1.14 bits per heavy atom. The van der Waals surface area contributed by atoms with E-state index in [-0.39, 0.29) is 33.5 Å². The maximum Gasteiger partial charge on any atom is 0.154 e. The lowest BCUT2D eigenvalue weighted by Crippen LogP contribution is -1.98. The molecule has 0 spiro atoms. The lowest BCUT2D eigenvalue weighted by atomic mass is 10.0. The van der Waals surface area contributed by atoms with Crippen molar-refractivity contribution in [2.24, 2.45) is 28.2 Å². The van der Waals surface area contributed by atoms with Gasteiger partial charge >= 0.3 is 0 Å². The number of aryl methyl sites for hydroxylation is 4. The lowest BCUT2D eigenvalue weighted by molar-refractivity contribution is 0.111. The molecule has 0 amide bonds. The first kappa shape index (κ1) is 63.1. The zero-order valence-corrected chi connectivity index (χ0v) is 49.4. The minimum absolute atomic E-state index is 0.0734. The average Bonchev–Trinajstić information content (AvgIpc) is 2.72. The van der Waals surface area contributed by atoms with Crippen LogP contribution in [0.1, 0.15) is 20.7 Å². The molecule has 0 fully saturated rings. The molecule has 88 heavy (non-hydrogen) atoms. The standard InChI is InChI=1S/2C17H11ClF2N2O.2C16H11ClF2N2/c1-22-17(10-2-4-11(18)5-3-10)14(9-23)16(21-22)13-7-6-12(19)8-15(13)20;1-22-17(13-7-6-12(19)8-15(13)20)14(9-23)16(21-22)10-2-4-11(18)5-3-10;1-21-16(10-2-4-11(17)5-3-10)9-15(20-21)13-7-6-12(18)8-14(13)19;1-21-16(13-7-6-12(18)8-14(13)19)9-15(20-21)10-2-4-11(17)5-3-10/h2*2-9H,1H3;2*2-9H,1H3. The number of hydrogen-bond acceptors (Lipinski definition) is 6. The largest absolute Gasteiger partial charge is 0.298 e. The van der Waals surface area contributed by atoms with Crippen LogP contribution in [0.3, 0.4) is 0 Å². The second-order valence-electron chi connectivity index (χ2n) is 19.3. The van der Waals surface area contributed by atoms with Crippen molar-refractivity contribution in [3.63, 3.8) is 0 Å². The van der Waals surface area contributed by atoms with E-state index in [2.05, 4.69) is 20.4 Å². The SMILES string of the molecule is Cn1nc(-c2ccc(Cl)cc2)c(C=O)c1-c1ccc(F)cc1F.Cn1nc(-c2ccc(Cl)cc2)cc1-c1ccc(F)cc1F.Cn1nc(-c2ccc(F)cc2F)c(C=O)c1-c1ccc(Cl)cc1.Cn1nc(-c2ccc(F)cc2F)cc1-c1ccc(Cl)cc1. The van der Waals surface area contributed by atoms with E-state index < -0.39 is 46.5 Å². The number of halogens is 12. The van der Waals surface area contributed by atoms with Crippen molar-refractivity contribution in [1.29, 1.82) is 0 Å². The molecule has 22 heteroatoms. The predicted octanol–water partition coefficient (Wildman–Crippen LogP) is 18.4. The minimum atomic E-state index is -0.770. The third-order valence-electron chi connectivity index (χ3n) is 13.5. The van der Waals surface area contributed by atoms with Gasteiger partial charge in [-0.3, -0.25) is 28.3 Å². The van der Waals surface area contributed by atoms with Crippen molar-refractivity contribution in [3.05, 3.63) is 260 Å². The van der Waals surface area contributed by atoms with Crippen molar-refractivity contribution in [3.8, 4) is 90.1 Å². The van der Waals surface area contributed by atoms with Crippen molar-refractivity contribution in [2.45, 2.75) is 0 Å². The summed E-state index contributed by atoms with van der Waals surface area (Å²) in [6.07, 6.45) is 1.24. The van der Waals surface area contributed by atoms with Gasteiger partial charge in [-0.05, 0) is 115 Å². The Bertz CT molecular complexity index is 4510. The molecule has 12 aromatic rings. The van der Waals surface area contributed by atoms with E-state index in [1.165, 1.54) is 45.8 Å². The maximum absolute atomic E-state index is 14.1. The number of hydrogen-bond donors (Lipinski definition) is 0. The molecule has 12 rings (SSSR count). The van der Waals surface area contributed by atoms with Crippen molar-refractivity contribution in [1.82, 2.24) is 39.1 Å². The Morgan fingerprint density at radius 2 is 0.670 bits per heavy atom. The van der Waals surface area contributed by atoms with E-state index in [0.29, 0.717) is 78.0 Å². The molecular weight excluding hydrogens is 1230 g/mol. The van der Waals surface area contributed by atoms with Gasteiger partial charge in [-0.15, -0.1) is 0 Å². The summed E-state index contributed by atoms with van der Waals surface area (Å²) >= 11 is 23.5. The van der Waals surface area contributed by atoms with Crippen molar-refractivity contribution < 1.29 is 44.7 Å². The molecule has 0 saturated heterocycles. The van der Waals surface area contributed by atoms with Gasteiger partial charge in [0.25, 0.3) is 0 Å². The molecule has 0 aliphatic heterocycles. The monoisotopic (exact) mass is 1270 g/mol. The molecule has 0 aliphatic rings. The topological polar surface area (TPSA) is 105 Å². The average molecular weight is 1270 g/mol. The van der Waals surface area contributed by atoms with E-state index in [1.54, 1.807) is 122 Å². The Kier molecular flexibility index (Phi) is 19.7. The van der Waals surface area contributed by atoms with Gasteiger partial charge in [-0.2, -0.15) is 20.4 Å². The molecule has 444 valence electrons. The van der Waals surface area contributed by atoms with E-state index in [4.69, 9.17) is 46.4 Å². The molecule has 10 nitrogen and oxygen atoms in total. The molecule has 0 radical (unpaired) electrons. The van der Waals surface area contributed by atoms with Crippen LogP contribution in [0, 0.1) is 46.5 Å². The van der Waals surface area contributed by atoms with Gasteiger partial charge in [0.05, 0.1) is 45.3 Å². The Hall–Kier alpha value is -9.46. The summed E-state index contributed by atoms with van der Waals surface area (Å²) in [6.45, 7) is 0. The fourth-order valence-electron chi connectivity index (χ4n) is 9.32. The van der Waals surface area contributed by atoms with E-state index in [9.17, 15) is 44.7 Å². The number of nitrogens with zero attached hydrogens (tertiary/aromatic N) is 8. The molecule has 0 unspecified atom stereocenters. The molecular formula is C66H44Cl4F8N8O2. The van der Waals surface area contributed by atoms with E-state index >= 15 is 0 Å². The zero-order valence-electron chi connectivity index (χ0n) is 46.4. The third-order valence-corrected chi connectivity index (χ3v) is 14.5. The van der Waals surface area contributed by atoms with Gasteiger partial charge in [0, 0.05) is 111 Å². The number of carbonyl (C=O) groups excluding carboxylic acids is 2. The second-order valence-corrected chi connectivity index (χ2v) is 21.1. The first-order valence-corrected chi connectivity index (χ1v) is 27.6. The summed E-state index contributed by atoms with van der Waals surface area (Å²) in [7, 11) is 6.75. The normalized spacial score (nSPS) is 10.8. The van der Waals surface area contributed by atoms with Crippen LogP contribution in [0.2, 0.25) is 20.1 Å². The summed E-state index contributed by atoms with van der Waals surface area (Å²) in [6, 6.07) is 45.1. The van der Waals surface area contributed by atoms with E-state index in [0.717, 1.165) is 58.8 Å². The number of benzene rings is 8. The van der Waals surface area contributed by atoms with Gasteiger partial charge in [0.2, 0.25) is 0 Å². The lowest BCUT2D eigenvalue weighted by Gasteiger charge is -2.05. The quantitative estimate of drug-likeness (QED) is 0.0998. The maximum atomic E-state index is 14.1. The Morgan fingerprint density at radius 1 is 0.318 bits per heavy atom. The molecule has 4 heterocycles. The first-order chi connectivity index (χ1) is 42.1. The second kappa shape index (κ2) is 27.5. The molecule has 4 aromatic heterocycles. The fourth-order valence-corrected chi connectivity index (χ4v) is 9.83. The molecule has 0 N–H and O–H groups in total. The van der Waals surface area contributed by atoms with Crippen LogP contribution in [-0.4, -0.2) is 51.7 Å². The molecule has 0 aliphatic carbocycles. The van der Waals surface area contributed by atoms with E-state index in [1.807, 2.05) is 24.3 Å². The molecule has 0 atom stereocenters. The summed E-state index contributed by atoms with van der Waals surface area (Å²) in [5, 5.41) is 19.6. The minimum Gasteiger partial charge on any atom is -0.298 e. The van der Waals surface area contributed by atoms with Crippen LogP contribution in [0.15, 0.2) is 182 Å². The van der Waals surface area contributed by atoms with Crippen LogP contribution in [0.5, 0.6) is 0 Å². The highest BCUT2D eigenvalue weighted by Gasteiger charge is 2.23. The van der Waals surface area contributed by atoms with Crippen LogP contribution < -0.4 is 0 Å². The third kappa shape index (κ3) is 14.3.